The number of nitrogens with zero attached hydrogens (tertiary/aromatic N) is 2. The average molecular weight is 395 g/mol. The third-order valence-electron chi connectivity index (χ3n) is 5.06. The van der Waals surface area contributed by atoms with Crippen LogP contribution in [0, 0.1) is 0 Å². The van der Waals surface area contributed by atoms with Crippen molar-refractivity contribution in [2.75, 3.05) is 0 Å². The van der Waals surface area contributed by atoms with Gasteiger partial charge in [0.05, 0.1) is 18.4 Å². The number of benzene rings is 3. The third-order valence-corrected chi connectivity index (χ3v) is 5.06. The van der Waals surface area contributed by atoms with Gasteiger partial charge in [0.1, 0.15) is 0 Å². The van der Waals surface area contributed by atoms with Crippen molar-refractivity contribution in [3.05, 3.63) is 108 Å². The number of hydrogen-bond acceptors (Lipinski definition) is 4. The van der Waals surface area contributed by atoms with Gasteiger partial charge in [0.25, 0.3) is 5.91 Å². The zero-order chi connectivity index (χ0) is 20.8. The molecule has 0 saturated heterocycles. The predicted octanol–water partition coefficient (Wildman–Crippen LogP) is 3.78. The summed E-state index contributed by atoms with van der Waals surface area (Å²) in [5.74, 6) is -0.305. The smallest absolute Gasteiger partial charge is 0.251 e. The molecule has 0 bridgehead atoms. The normalized spacial score (nSPS) is 11.7. The summed E-state index contributed by atoms with van der Waals surface area (Å²) in [5.41, 5.74) is 2.40. The molecule has 5 nitrogen and oxygen atoms in total. The van der Waals surface area contributed by atoms with Crippen LogP contribution in [0.5, 0.6) is 0 Å². The van der Waals surface area contributed by atoms with E-state index in [2.05, 4.69) is 15.5 Å². The molecule has 4 aromatic rings. The van der Waals surface area contributed by atoms with E-state index in [-0.39, 0.29) is 18.1 Å². The highest BCUT2D eigenvalue weighted by Gasteiger charge is 2.22. The van der Waals surface area contributed by atoms with Gasteiger partial charge >= 0.3 is 0 Å². The van der Waals surface area contributed by atoms with Crippen LogP contribution in [0.3, 0.4) is 0 Å². The predicted molar refractivity (Wildman–Crippen MR) is 116 cm³/mol. The largest absolute Gasteiger partial charge is 0.342 e. The molecule has 0 radical (unpaired) electrons. The fourth-order valence-corrected chi connectivity index (χ4v) is 3.48. The van der Waals surface area contributed by atoms with Crippen molar-refractivity contribution >= 4 is 22.5 Å². The summed E-state index contributed by atoms with van der Waals surface area (Å²) in [4.78, 5) is 26.0. The third kappa shape index (κ3) is 4.58. The Labute approximate surface area is 174 Å². The standard InChI is InChI=1S/C25H21N3O2/c29-24(15-20-12-7-13-21-16-26-27-17-22(20)21)23(14-18-8-3-1-4-9-18)28-25(30)19-10-5-2-6-11-19/h1-13,16-17,23H,14-15H2,(H,28,30). The monoisotopic (exact) mass is 395 g/mol. The maximum atomic E-state index is 13.3. The van der Waals surface area contributed by atoms with Crippen LogP contribution in [0.4, 0.5) is 0 Å². The second-order valence-electron chi connectivity index (χ2n) is 7.13. The molecule has 0 saturated carbocycles. The Morgan fingerprint density at radius 2 is 1.50 bits per heavy atom. The molecule has 148 valence electrons. The van der Waals surface area contributed by atoms with E-state index in [1.807, 2.05) is 54.6 Å². The number of nitrogens with one attached hydrogen (secondary N) is 1. The molecule has 1 unspecified atom stereocenters. The van der Waals surface area contributed by atoms with E-state index in [0.29, 0.717) is 12.0 Å². The Morgan fingerprint density at radius 3 is 2.27 bits per heavy atom. The fraction of sp³-hybridized carbons (Fsp3) is 0.120. The lowest BCUT2D eigenvalue weighted by Crippen LogP contribution is -2.43. The molecule has 0 aliphatic heterocycles. The molecular weight excluding hydrogens is 374 g/mol. The van der Waals surface area contributed by atoms with Gasteiger partial charge in [-0.2, -0.15) is 10.2 Å². The molecular formula is C25H21N3O2. The molecule has 5 heteroatoms. The zero-order valence-corrected chi connectivity index (χ0v) is 16.4. The van der Waals surface area contributed by atoms with Crippen molar-refractivity contribution < 1.29 is 9.59 Å². The number of hydrogen-bond donors (Lipinski definition) is 1. The van der Waals surface area contributed by atoms with Gasteiger partial charge in [0.15, 0.2) is 5.78 Å². The summed E-state index contributed by atoms with van der Waals surface area (Å²) in [7, 11) is 0. The first-order valence-corrected chi connectivity index (χ1v) is 9.81. The van der Waals surface area contributed by atoms with E-state index >= 15 is 0 Å². The number of Topliss-reactive ketones (excluding diaryl/α,β-unsaturated/α-hetero) is 1. The summed E-state index contributed by atoms with van der Waals surface area (Å²) in [5, 5.41) is 12.6. The quantitative estimate of drug-likeness (QED) is 0.517. The minimum atomic E-state index is -0.634. The van der Waals surface area contributed by atoms with Gasteiger partial charge < -0.3 is 5.32 Å². The van der Waals surface area contributed by atoms with Crippen molar-refractivity contribution in [1.82, 2.24) is 15.5 Å². The number of carbonyl (C=O) groups is 2. The van der Waals surface area contributed by atoms with Crippen LogP contribution in [0.25, 0.3) is 10.8 Å². The van der Waals surface area contributed by atoms with Crippen LogP contribution < -0.4 is 5.32 Å². The number of amides is 1. The Balaban J connectivity index is 1.59. The number of ketones is 1. The fourth-order valence-electron chi connectivity index (χ4n) is 3.48. The SMILES string of the molecule is O=C(NC(Cc1ccccc1)C(=O)Cc1cccc2cnncc12)c1ccccc1. The molecule has 4 rings (SSSR count). The summed E-state index contributed by atoms with van der Waals surface area (Å²) in [6, 6.07) is 23.8. The second kappa shape index (κ2) is 9.09. The molecule has 1 N–H and O–H groups in total. The first-order chi connectivity index (χ1) is 14.7. The molecule has 0 aliphatic rings. The van der Waals surface area contributed by atoms with E-state index in [1.165, 1.54) is 0 Å². The molecule has 1 amide bonds. The first kappa shape index (κ1) is 19.5. The molecule has 0 spiro atoms. The van der Waals surface area contributed by atoms with Crippen LogP contribution in [0.2, 0.25) is 0 Å². The van der Waals surface area contributed by atoms with E-state index in [1.54, 1.807) is 36.7 Å². The summed E-state index contributed by atoms with van der Waals surface area (Å²) < 4.78 is 0. The van der Waals surface area contributed by atoms with E-state index in [9.17, 15) is 9.59 Å². The highest BCUT2D eigenvalue weighted by molar-refractivity contribution is 5.99. The lowest BCUT2D eigenvalue weighted by Gasteiger charge is -2.18. The lowest BCUT2D eigenvalue weighted by atomic mass is 9.95. The minimum Gasteiger partial charge on any atom is -0.342 e. The molecule has 1 heterocycles. The van der Waals surface area contributed by atoms with Gasteiger partial charge in [-0.05, 0) is 29.7 Å². The van der Waals surface area contributed by atoms with E-state index < -0.39 is 6.04 Å². The molecule has 0 aliphatic carbocycles. The first-order valence-electron chi connectivity index (χ1n) is 9.81. The molecule has 1 aromatic heterocycles. The maximum Gasteiger partial charge on any atom is 0.251 e. The number of fused-ring (bicyclic) bond motifs is 1. The summed E-state index contributed by atoms with van der Waals surface area (Å²) in [6.45, 7) is 0. The topological polar surface area (TPSA) is 72.0 Å². The van der Waals surface area contributed by atoms with Crippen LogP contribution in [0.15, 0.2) is 91.3 Å². The van der Waals surface area contributed by atoms with Crippen LogP contribution >= 0.6 is 0 Å². The van der Waals surface area contributed by atoms with Crippen LogP contribution in [-0.4, -0.2) is 27.9 Å². The van der Waals surface area contributed by atoms with Crippen molar-refractivity contribution in [3.8, 4) is 0 Å². The Morgan fingerprint density at radius 1 is 0.800 bits per heavy atom. The molecule has 0 fully saturated rings. The van der Waals surface area contributed by atoms with Crippen molar-refractivity contribution in [2.45, 2.75) is 18.9 Å². The Hall–Kier alpha value is -3.86. The highest BCUT2D eigenvalue weighted by Crippen LogP contribution is 2.18. The van der Waals surface area contributed by atoms with E-state index in [0.717, 1.165) is 21.9 Å². The van der Waals surface area contributed by atoms with Gasteiger partial charge in [-0.15, -0.1) is 0 Å². The molecule has 1 atom stereocenters. The summed E-state index contributed by atoms with van der Waals surface area (Å²) in [6.07, 6.45) is 3.99. The van der Waals surface area contributed by atoms with Crippen LogP contribution in [-0.2, 0) is 17.6 Å². The maximum absolute atomic E-state index is 13.3. The number of aromatic nitrogens is 2. The van der Waals surface area contributed by atoms with Crippen molar-refractivity contribution in [3.63, 3.8) is 0 Å². The highest BCUT2D eigenvalue weighted by atomic mass is 16.2. The average Bonchev–Trinajstić information content (AvgIpc) is 2.80. The Bertz CT molecular complexity index is 1160. The molecule has 30 heavy (non-hydrogen) atoms. The Kier molecular flexibility index (Phi) is 5.90. The van der Waals surface area contributed by atoms with Gasteiger partial charge in [-0.1, -0.05) is 66.7 Å². The van der Waals surface area contributed by atoms with Gasteiger partial charge in [0.2, 0.25) is 0 Å². The number of rotatable bonds is 7. The van der Waals surface area contributed by atoms with Gasteiger partial charge in [0, 0.05) is 22.8 Å². The number of carbonyl (C=O) groups excluding carboxylic acids is 2. The van der Waals surface area contributed by atoms with E-state index in [4.69, 9.17) is 0 Å². The molecule has 3 aromatic carbocycles. The van der Waals surface area contributed by atoms with Crippen molar-refractivity contribution in [1.29, 1.82) is 0 Å². The second-order valence-corrected chi connectivity index (χ2v) is 7.13. The zero-order valence-electron chi connectivity index (χ0n) is 16.4. The van der Waals surface area contributed by atoms with Gasteiger partial charge in [-0.25, -0.2) is 0 Å². The minimum absolute atomic E-state index is 0.0487. The van der Waals surface area contributed by atoms with Gasteiger partial charge in [-0.3, -0.25) is 9.59 Å². The van der Waals surface area contributed by atoms with Crippen molar-refractivity contribution in [2.24, 2.45) is 0 Å². The summed E-state index contributed by atoms with van der Waals surface area (Å²) >= 11 is 0. The van der Waals surface area contributed by atoms with Crippen LogP contribution in [0.1, 0.15) is 21.5 Å². The lowest BCUT2D eigenvalue weighted by molar-refractivity contribution is -0.120.